The highest BCUT2D eigenvalue weighted by molar-refractivity contribution is 8.04. The van der Waals surface area contributed by atoms with Crippen LogP contribution >= 0.6 is 46.3 Å². The predicted molar refractivity (Wildman–Crippen MR) is 99.7 cm³/mol. The van der Waals surface area contributed by atoms with Gasteiger partial charge in [0.05, 0.1) is 27.8 Å². The number of carbonyl (C=O) groups is 2. The molecule has 0 atom stereocenters. The number of nitrogens with zero attached hydrogens (tertiary/aromatic N) is 1. The van der Waals surface area contributed by atoms with E-state index in [2.05, 4.69) is 0 Å². The molecule has 0 unspecified atom stereocenters. The van der Waals surface area contributed by atoms with E-state index >= 15 is 0 Å². The molecule has 1 aliphatic heterocycles. The number of rotatable bonds is 5. The molecule has 0 bridgehead atoms. The van der Waals surface area contributed by atoms with Gasteiger partial charge < -0.3 is 5.11 Å². The molecule has 2 amide bonds. The number of benzene rings is 1. The second-order valence-corrected chi connectivity index (χ2v) is 7.69. The fraction of sp³-hybridized carbons (Fsp3) is 0.125. The van der Waals surface area contributed by atoms with E-state index in [1.54, 1.807) is 18.2 Å². The summed E-state index contributed by atoms with van der Waals surface area (Å²) in [5.41, 5.74) is 0.595. The molecule has 2 aromatic rings. The molecule has 0 spiro atoms. The lowest BCUT2D eigenvalue weighted by Crippen LogP contribution is -2.31. The first-order valence-electron chi connectivity index (χ1n) is 6.90. The third kappa shape index (κ3) is 3.12. The Hall–Kier alpha value is -1.31. The molecule has 4 nitrogen and oxygen atoms in total. The van der Waals surface area contributed by atoms with Gasteiger partial charge in [-0.15, -0.1) is 23.1 Å². The van der Waals surface area contributed by atoms with E-state index in [0.29, 0.717) is 26.1 Å². The van der Waals surface area contributed by atoms with Crippen molar-refractivity contribution in [3.05, 3.63) is 55.5 Å². The zero-order valence-electron chi connectivity index (χ0n) is 12.2. The Balaban J connectivity index is 2.09. The van der Waals surface area contributed by atoms with Gasteiger partial charge in [0, 0.05) is 15.7 Å². The molecule has 1 aromatic carbocycles. The SMILES string of the molecule is O=C1C(SCCO)=C(c2cccs2)C(=O)N1c1cc(Cl)ccc1Cl. The van der Waals surface area contributed by atoms with Crippen molar-refractivity contribution in [2.24, 2.45) is 0 Å². The van der Waals surface area contributed by atoms with Crippen LogP contribution in [0, 0.1) is 0 Å². The van der Waals surface area contributed by atoms with Crippen LogP contribution in [0.4, 0.5) is 5.69 Å². The summed E-state index contributed by atoms with van der Waals surface area (Å²) < 4.78 is 0. The third-order valence-corrected chi connectivity index (χ3v) is 5.79. The van der Waals surface area contributed by atoms with Gasteiger partial charge in [0.1, 0.15) is 0 Å². The largest absolute Gasteiger partial charge is 0.396 e. The first-order valence-corrected chi connectivity index (χ1v) is 9.52. The molecule has 3 rings (SSSR count). The summed E-state index contributed by atoms with van der Waals surface area (Å²) in [4.78, 5) is 27.8. The fourth-order valence-electron chi connectivity index (χ4n) is 2.31. The first kappa shape index (κ1) is 17.5. The van der Waals surface area contributed by atoms with Crippen LogP contribution in [0.2, 0.25) is 10.0 Å². The second-order valence-electron chi connectivity index (χ2n) is 4.79. The van der Waals surface area contributed by atoms with Gasteiger partial charge in [-0.25, -0.2) is 4.90 Å². The van der Waals surface area contributed by atoms with Gasteiger partial charge >= 0.3 is 0 Å². The number of hydrogen-bond donors (Lipinski definition) is 1. The summed E-state index contributed by atoms with van der Waals surface area (Å²) in [6.45, 7) is -0.0920. The van der Waals surface area contributed by atoms with Gasteiger partial charge in [0.15, 0.2) is 0 Å². The minimum Gasteiger partial charge on any atom is -0.396 e. The predicted octanol–water partition coefficient (Wildman–Crippen LogP) is 4.06. The van der Waals surface area contributed by atoms with E-state index in [4.69, 9.17) is 28.3 Å². The summed E-state index contributed by atoms with van der Waals surface area (Å²) in [5, 5.41) is 11.5. The minimum atomic E-state index is -0.453. The highest BCUT2D eigenvalue weighted by atomic mass is 35.5. The van der Waals surface area contributed by atoms with E-state index in [9.17, 15) is 9.59 Å². The number of hydrogen-bond acceptors (Lipinski definition) is 5. The molecular formula is C16H11Cl2NO3S2. The molecule has 0 saturated carbocycles. The van der Waals surface area contributed by atoms with Crippen LogP contribution in [0.5, 0.6) is 0 Å². The van der Waals surface area contributed by atoms with Crippen LogP contribution in [0.3, 0.4) is 0 Å². The summed E-state index contributed by atoms with van der Waals surface area (Å²) in [6.07, 6.45) is 0. The fourth-order valence-corrected chi connectivity index (χ4v) is 4.36. The van der Waals surface area contributed by atoms with Gasteiger partial charge in [0.25, 0.3) is 11.8 Å². The molecular weight excluding hydrogens is 389 g/mol. The van der Waals surface area contributed by atoms with Crippen molar-refractivity contribution < 1.29 is 14.7 Å². The van der Waals surface area contributed by atoms with Crippen molar-refractivity contribution in [2.75, 3.05) is 17.3 Å². The first-order chi connectivity index (χ1) is 11.5. The zero-order valence-corrected chi connectivity index (χ0v) is 15.3. The lowest BCUT2D eigenvalue weighted by Gasteiger charge is -2.16. The highest BCUT2D eigenvalue weighted by Crippen LogP contribution is 2.42. The standard InChI is InChI=1S/C16H11Cl2NO3S2/c17-9-3-4-10(18)11(8-9)19-15(21)13(12-2-1-6-23-12)14(16(19)22)24-7-5-20/h1-4,6,8,20H,5,7H2. The van der Waals surface area contributed by atoms with E-state index in [1.165, 1.54) is 17.4 Å². The van der Waals surface area contributed by atoms with Crippen molar-refractivity contribution in [1.29, 1.82) is 0 Å². The molecule has 2 heterocycles. The Kier molecular flexibility index (Phi) is 5.32. The summed E-state index contributed by atoms with van der Waals surface area (Å²) in [7, 11) is 0. The Morgan fingerprint density at radius 2 is 1.96 bits per heavy atom. The maximum Gasteiger partial charge on any atom is 0.272 e. The third-order valence-electron chi connectivity index (χ3n) is 3.30. The van der Waals surface area contributed by atoms with Crippen molar-refractivity contribution in [2.45, 2.75) is 0 Å². The van der Waals surface area contributed by atoms with Gasteiger partial charge in [0.2, 0.25) is 0 Å². The zero-order chi connectivity index (χ0) is 17.3. The maximum atomic E-state index is 12.9. The van der Waals surface area contributed by atoms with E-state index in [-0.39, 0.29) is 17.3 Å². The molecule has 0 radical (unpaired) electrons. The van der Waals surface area contributed by atoms with Crippen LogP contribution in [-0.4, -0.2) is 29.3 Å². The smallest absolute Gasteiger partial charge is 0.272 e. The number of thiophene rings is 1. The monoisotopic (exact) mass is 399 g/mol. The maximum absolute atomic E-state index is 12.9. The molecule has 1 N–H and O–H groups in total. The van der Waals surface area contributed by atoms with Gasteiger partial charge in [-0.05, 0) is 29.6 Å². The number of amides is 2. The van der Waals surface area contributed by atoms with Crippen LogP contribution in [-0.2, 0) is 9.59 Å². The number of imide groups is 1. The van der Waals surface area contributed by atoms with Crippen molar-refractivity contribution >= 4 is 69.4 Å². The number of anilines is 1. The van der Waals surface area contributed by atoms with Crippen molar-refractivity contribution in [3.63, 3.8) is 0 Å². The lowest BCUT2D eigenvalue weighted by atomic mass is 10.2. The minimum absolute atomic E-state index is 0.0920. The Morgan fingerprint density at radius 3 is 2.62 bits per heavy atom. The van der Waals surface area contributed by atoms with E-state index < -0.39 is 11.8 Å². The molecule has 8 heteroatoms. The quantitative estimate of drug-likeness (QED) is 0.769. The topological polar surface area (TPSA) is 57.6 Å². The average molecular weight is 400 g/mol. The Bertz CT molecular complexity index is 834. The molecule has 24 heavy (non-hydrogen) atoms. The normalized spacial score (nSPS) is 14.9. The molecule has 1 aromatic heterocycles. The summed E-state index contributed by atoms with van der Waals surface area (Å²) in [6, 6.07) is 8.23. The lowest BCUT2D eigenvalue weighted by molar-refractivity contribution is -0.119. The molecule has 0 aliphatic carbocycles. The Labute approximate surface area is 156 Å². The Morgan fingerprint density at radius 1 is 1.17 bits per heavy atom. The van der Waals surface area contributed by atoms with Crippen LogP contribution < -0.4 is 4.90 Å². The van der Waals surface area contributed by atoms with E-state index in [0.717, 1.165) is 16.7 Å². The van der Waals surface area contributed by atoms with Crippen LogP contribution in [0.1, 0.15) is 4.88 Å². The number of carbonyl (C=O) groups excluding carboxylic acids is 2. The van der Waals surface area contributed by atoms with Crippen LogP contribution in [0.25, 0.3) is 5.57 Å². The van der Waals surface area contributed by atoms with Gasteiger partial charge in [-0.3, -0.25) is 9.59 Å². The van der Waals surface area contributed by atoms with Gasteiger partial charge in [-0.1, -0.05) is 29.3 Å². The number of halogens is 2. The summed E-state index contributed by atoms with van der Waals surface area (Å²) in [5.74, 6) is -0.571. The van der Waals surface area contributed by atoms with Crippen molar-refractivity contribution in [1.82, 2.24) is 0 Å². The molecule has 0 saturated heterocycles. The number of aliphatic hydroxyl groups excluding tert-OH is 1. The van der Waals surface area contributed by atoms with E-state index in [1.807, 2.05) is 11.4 Å². The molecule has 1 aliphatic rings. The number of aliphatic hydroxyl groups is 1. The van der Waals surface area contributed by atoms with Gasteiger partial charge in [-0.2, -0.15) is 0 Å². The average Bonchev–Trinajstić information content (AvgIpc) is 3.15. The van der Waals surface area contributed by atoms with Crippen molar-refractivity contribution in [3.8, 4) is 0 Å². The van der Waals surface area contributed by atoms with Crippen LogP contribution in [0.15, 0.2) is 40.6 Å². The molecule has 124 valence electrons. The number of thioether (sulfide) groups is 1. The molecule has 0 fully saturated rings. The highest BCUT2D eigenvalue weighted by Gasteiger charge is 2.41. The second kappa shape index (κ2) is 7.29. The summed E-state index contributed by atoms with van der Waals surface area (Å²) >= 11 is 14.7.